The zero-order chi connectivity index (χ0) is 18.0. The smallest absolute Gasteiger partial charge is 0.190 e. The van der Waals surface area contributed by atoms with Crippen LogP contribution in [0.2, 0.25) is 0 Å². The van der Waals surface area contributed by atoms with E-state index in [4.69, 9.17) is 0 Å². The molecular formula is C20H27IN6. The molecule has 27 heavy (non-hydrogen) atoms. The average Bonchev–Trinajstić information content (AvgIpc) is 3.11. The standard InChI is InChI=1S/C20H26N6.HI/c1-21-20(22-14-7-11-17-9-3-2-4-10-17)23-15-8-13-19-25-24-18-12-5-6-16-26(18)19;/h2-6,9-10,12,16H,7-8,11,13-15H2,1H3,(H2,21,22,23);1H. The van der Waals surface area contributed by atoms with Gasteiger partial charge >= 0.3 is 0 Å². The molecule has 2 aromatic heterocycles. The Morgan fingerprint density at radius 1 is 0.926 bits per heavy atom. The maximum atomic E-state index is 4.28. The van der Waals surface area contributed by atoms with Crippen LogP contribution in [0.3, 0.4) is 0 Å². The van der Waals surface area contributed by atoms with Gasteiger partial charge in [0, 0.05) is 32.8 Å². The number of fused-ring (bicyclic) bond motifs is 1. The van der Waals surface area contributed by atoms with Gasteiger partial charge in [0.2, 0.25) is 0 Å². The van der Waals surface area contributed by atoms with Gasteiger partial charge in [-0.2, -0.15) is 0 Å². The third-order valence-corrected chi connectivity index (χ3v) is 4.26. The molecule has 0 atom stereocenters. The van der Waals surface area contributed by atoms with E-state index in [-0.39, 0.29) is 24.0 Å². The second-order valence-corrected chi connectivity index (χ2v) is 6.16. The first-order valence-corrected chi connectivity index (χ1v) is 9.14. The lowest BCUT2D eigenvalue weighted by Crippen LogP contribution is -2.38. The Morgan fingerprint density at radius 3 is 2.37 bits per heavy atom. The van der Waals surface area contributed by atoms with Gasteiger partial charge in [-0.15, -0.1) is 34.2 Å². The van der Waals surface area contributed by atoms with E-state index < -0.39 is 0 Å². The van der Waals surface area contributed by atoms with Crippen LogP contribution in [-0.2, 0) is 12.8 Å². The number of halogens is 1. The van der Waals surface area contributed by atoms with Crippen molar-refractivity contribution in [2.24, 2.45) is 4.99 Å². The molecule has 1 aromatic carbocycles. The minimum Gasteiger partial charge on any atom is -0.356 e. The van der Waals surface area contributed by atoms with Gasteiger partial charge in [-0.25, -0.2) is 0 Å². The zero-order valence-electron chi connectivity index (χ0n) is 15.6. The molecule has 0 aliphatic carbocycles. The van der Waals surface area contributed by atoms with Crippen LogP contribution < -0.4 is 10.6 Å². The molecule has 0 amide bonds. The number of pyridine rings is 1. The maximum Gasteiger partial charge on any atom is 0.190 e. The SMILES string of the molecule is CN=C(NCCCc1ccccc1)NCCCc1nnc2ccccn12.I. The summed E-state index contributed by atoms with van der Waals surface area (Å²) in [6.45, 7) is 1.75. The number of hydrogen-bond donors (Lipinski definition) is 2. The molecule has 144 valence electrons. The molecule has 3 aromatic rings. The number of aromatic nitrogens is 3. The highest BCUT2D eigenvalue weighted by Gasteiger charge is 2.04. The van der Waals surface area contributed by atoms with Crippen molar-refractivity contribution < 1.29 is 0 Å². The lowest BCUT2D eigenvalue weighted by Gasteiger charge is -2.11. The average molecular weight is 478 g/mol. The maximum absolute atomic E-state index is 4.28. The van der Waals surface area contributed by atoms with Gasteiger partial charge in [0.05, 0.1) is 0 Å². The molecule has 0 radical (unpaired) electrons. The van der Waals surface area contributed by atoms with E-state index in [9.17, 15) is 0 Å². The minimum absolute atomic E-state index is 0. The first kappa shape index (κ1) is 21.1. The van der Waals surface area contributed by atoms with Crippen molar-refractivity contribution in [1.29, 1.82) is 0 Å². The van der Waals surface area contributed by atoms with E-state index in [1.807, 2.05) is 28.8 Å². The zero-order valence-corrected chi connectivity index (χ0v) is 18.0. The summed E-state index contributed by atoms with van der Waals surface area (Å²) in [5, 5.41) is 15.2. The molecule has 0 fully saturated rings. The molecule has 7 heteroatoms. The number of rotatable bonds is 8. The van der Waals surface area contributed by atoms with Crippen molar-refractivity contribution in [1.82, 2.24) is 25.2 Å². The molecule has 0 aliphatic heterocycles. The summed E-state index contributed by atoms with van der Waals surface area (Å²) in [5.41, 5.74) is 2.27. The lowest BCUT2D eigenvalue weighted by atomic mass is 10.1. The van der Waals surface area contributed by atoms with E-state index in [2.05, 4.69) is 56.2 Å². The summed E-state index contributed by atoms with van der Waals surface area (Å²) in [4.78, 5) is 4.28. The molecule has 2 N–H and O–H groups in total. The molecule has 0 saturated carbocycles. The molecule has 6 nitrogen and oxygen atoms in total. The quantitative estimate of drug-likeness (QED) is 0.226. The second kappa shape index (κ2) is 11.5. The first-order valence-electron chi connectivity index (χ1n) is 9.14. The van der Waals surface area contributed by atoms with Crippen LogP contribution in [0.1, 0.15) is 24.2 Å². The summed E-state index contributed by atoms with van der Waals surface area (Å²) in [6, 6.07) is 16.5. The number of aliphatic imine (C=N–C) groups is 1. The highest BCUT2D eigenvalue weighted by Crippen LogP contribution is 2.04. The van der Waals surface area contributed by atoms with Gasteiger partial charge in [-0.05, 0) is 37.0 Å². The van der Waals surface area contributed by atoms with Crippen molar-refractivity contribution in [2.45, 2.75) is 25.7 Å². The lowest BCUT2D eigenvalue weighted by molar-refractivity contribution is 0.702. The van der Waals surface area contributed by atoms with Crippen LogP contribution in [0.5, 0.6) is 0 Å². The van der Waals surface area contributed by atoms with Crippen LogP contribution in [0.4, 0.5) is 0 Å². The number of nitrogens with zero attached hydrogens (tertiary/aromatic N) is 4. The third-order valence-electron chi connectivity index (χ3n) is 4.26. The fraction of sp³-hybridized carbons (Fsp3) is 0.350. The van der Waals surface area contributed by atoms with Crippen LogP contribution in [-0.4, -0.2) is 40.7 Å². The Labute approximate surface area is 177 Å². The molecule has 0 spiro atoms. The van der Waals surface area contributed by atoms with E-state index in [1.165, 1.54) is 5.56 Å². The number of benzene rings is 1. The monoisotopic (exact) mass is 478 g/mol. The summed E-state index contributed by atoms with van der Waals surface area (Å²) in [5.74, 6) is 1.84. The summed E-state index contributed by atoms with van der Waals surface area (Å²) >= 11 is 0. The predicted octanol–water partition coefficient (Wildman–Crippen LogP) is 3.08. The summed E-state index contributed by atoms with van der Waals surface area (Å²) < 4.78 is 2.04. The van der Waals surface area contributed by atoms with Crippen LogP contribution in [0, 0.1) is 0 Å². The summed E-state index contributed by atoms with van der Waals surface area (Å²) in [7, 11) is 1.80. The minimum atomic E-state index is 0. The number of aryl methyl sites for hydroxylation is 2. The van der Waals surface area contributed by atoms with E-state index in [0.717, 1.165) is 56.2 Å². The fourth-order valence-electron chi connectivity index (χ4n) is 2.88. The van der Waals surface area contributed by atoms with Gasteiger partial charge in [-0.1, -0.05) is 36.4 Å². The number of guanidine groups is 1. The van der Waals surface area contributed by atoms with Gasteiger partial charge in [0.15, 0.2) is 11.6 Å². The third kappa shape index (κ3) is 6.50. The van der Waals surface area contributed by atoms with Gasteiger partial charge in [0.1, 0.15) is 5.82 Å². The van der Waals surface area contributed by atoms with Crippen LogP contribution in [0.15, 0.2) is 59.7 Å². The normalized spacial score (nSPS) is 11.2. The van der Waals surface area contributed by atoms with Crippen LogP contribution >= 0.6 is 24.0 Å². The van der Waals surface area contributed by atoms with Crippen molar-refractivity contribution in [3.05, 3.63) is 66.1 Å². The topological polar surface area (TPSA) is 66.6 Å². The van der Waals surface area contributed by atoms with E-state index >= 15 is 0 Å². The number of nitrogens with one attached hydrogen (secondary N) is 2. The van der Waals surface area contributed by atoms with Gasteiger partial charge in [0.25, 0.3) is 0 Å². The highest BCUT2D eigenvalue weighted by atomic mass is 127. The number of hydrogen-bond acceptors (Lipinski definition) is 3. The molecule has 3 rings (SSSR count). The van der Waals surface area contributed by atoms with Crippen molar-refractivity contribution >= 4 is 35.6 Å². The predicted molar refractivity (Wildman–Crippen MR) is 121 cm³/mol. The Bertz CT molecular complexity index is 831. The first-order chi connectivity index (χ1) is 12.9. The molecule has 0 saturated heterocycles. The van der Waals surface area contributed by atoms with Gasteiger partial charge < -0.3 is 10.6 Å². The summed E-state index contributed by atoms with van der Waals surface area (Å²) in [6.07, 6.45) is 6.01. The second-order valence-electron chi connectivity index (χ2n) is 6.16. The Hall–Kier alpha value is -2.16. The van der Waals surface area contributed by atoms with Crippen LogP contribution in [0.25, 0.3) is 5.65 Å². The highest BCUT2D eigenvalue weighted by molar-refractivity contribution is 14.0. The molecule has 0 unspecified atom stereocenters. The molecule has 0 aliphatic rings. The molecule has 2 heterocycles. The molecular weight excluding hydrogens is 451 g/mol. The molecule has 0 bridgehead atoms. The largest absolute Gasteiger partial charge is 0.356 e. The van der Waals surface area contributed by atoms with Crippen molar-refractivity contribution in [2.75, 3.05) is 20.1 Å². The van der Waals surface area contributed by atoms with E-state index in [1.54, 1.807) is 7.05 Å². The Morgan fingerprint density at radius 2 is 1.63 bits per heavy atom. The Kier molecular flexibility index (Phi) is 9.03. The van der Waals surface area contributed by atoms with E-state index in [0.29, 0.717) is 0 Å². The fourth-order valence-corrected chi connectivity index (χ4v) is 2.88. The van der Waals surface area contributed by atoms with Crippen molar-refractivity contribution in [3.8, 4) is 0 Å². The van der Waals surface area contributed by atoms with Crippen molar-refractivity contribution in [3.63, 3.8) is 0 Å². The Balaban J connectivity index is 0.00000261. The van der Waals surface area contributed by atoms with Gasteiger partial charge in [-0.3, -0.25) is 9.39 Å².